The second-order valence-electron chi connectivity index (χ2n) is 11.9. The third-order valence-corrected chi connectivity index (χ3v) is 9.89. The molecule has 0 amide bonds. The Labute approximate surface area is 269 Å². The van der Waals surface area contributed by atoms with Crippen LogP contribution in [0.4, 0.5) is 0 Å². The average molecular weight is 608 g/mol. The first-order chi connectivity index (χ1) is 22.8. The fraction of sp³-hybridized carbons (Fsp3) is 0. The quantitative estimate of drug-likeness (QED) is 0.190. The molecule has 4 heteroatoms. The van der Waals surface area contributed by atoms with Gasteiger partial charge in [-0.1, -0.05) is 121 Å². The van der Waals surface area contributed by atoms with Gasteiger partial charge >= 0.3 is 0 Å². The maximum atomic E-state index is 7.71. The predicted molar refractivity (Wildman–Crippen MR) is 194 cm³/mol. The summed E-state index contributed by atoms with van der Waals surface area (Å²) in [5, 5.41) is 7.96. The molecule has 0 spiro atoms. The van der Waals surface area contributed by atoms with Crippen molar-refractivity contribution in [3.8, 4) is 17.1 Å². The number of halogens is 1. The van der Waals surface area contributed by atoms with Crippen LogP contribution in [-0.2, 0) is 0 Å². The number of hydrogen-bond donors (Lipinski definition) is 0. The van der Waals surface area contributed by atoms with Crippen molar-refractivity contribution in [3.63, 3.8) is 0 Å². The molecule has 0 saturated heterocycles. The smallest absolute Gasteiger partial charge is 0.0888 e. The van der Waals surface area contributed by atoms with Gasteiger partial charge in [-0.25, -0.2) is 0 Å². The average Bonchev–Trinajstić information content (AvgIpc) is 3.75. The number of nitrogens with zero attached hydrogens (tertiary/aromatic N) is 3. The second-order valence-corrected chi connectivity index (χ2v) is 12.3. The van der Waals surface area contributed by atoms with Crippen molar-refractivity contribution in [1.82, 2.24) is 13.7 Å². The van der Waals surface area contributed by atoms with Crippen LogP contribution in [-0.4, -0.2) is 13.7 Å². The van der Waals surface area contributed by atoms with Crippen LogP contribution in [0, 0.1) is 0 Å². The highest BCUT2D eigenvalue weighted by atomic mass is 35.5. The molecule has 0 unspecified atom stereocenters. The fourth-order valence-corrected chi connectivity index (χ4v) is 7.88. The van der Waals surface area contributed by atoms with Gasteiger partial charge in [-0.15, -0.1) is 0 Å². The Bertz CT molecular complexity index is 2530. The van der Waals surface area contributed by atoms with E-state index >= 15 is 0 Å². The lowest BCUT2D eigenvalue weighted by Gasteiger charge is -2.19. The van der Waals surface area contributed by atoms with Gasteiger partial charge in [0.25, 0.3) is 0 Å². The molecule has 0 saturated carbocycles. The lowest BCUT2D eigenvalue weighted by Crippen LogP contribution is -2.05. The molecule has 0 radical (unpaired) electrons. The zero-order valence-electron chi connectivity index (χ0n) is 24.7. The minimum atomic E-state index is 0.697. The number of rotatable bonds is 3. The van der Waals surface area contributed by atoms with Crippen molar-refractivity contribution in [2.75, 3.05) is 0 Å². The van der Waals surface area contributed by atoms with Crippen LogP contribution >= 0.6 is 11.6 Å². The van der Waals surface area contributed by atoms with Crippen molar-refractivity contribution in [2.45, 2.75) is 0 Å². The van der Waals surface area contributed by atoms with Crippen LogP contribution in [0.2, 0.25) is 5.02 Å². The number of aromatic nitrogens is 3. The minimum absolute atomic E-state index is 0.697. The summed E-state index contributed by atoms with van der Waals surface area (Å²) in [4.78, 5) is 0. The van der Waals surface area contributed by atoms with Crippen LogP contribution in [0.3, 0.4) is 0 Å². The summed E-state index contributed by atoms with van der Waals surface area (Å²) in [6.45, 7) is 0. The van der Waals surface area contributed by atoms with Gasteiger partial charge in [0.05, 0.1) is 55.2 Å². The molecule has 0 aliphatic heterocycles. The summed E-state index contributed by atoms with van der Waals surface area (Å²) < 4.78 is 7.05. The lowest BCUT2D eigenvalue weighted by atomic mass is 10.2. The molecule has 0 N–H and O–H groups in total. The molecule has 3 heterocycles. The normalized spacial score (nSPS) is 12.0. The van der Waals surface area contributed by atoms with Crippen molar-refractivity contribution in [1.29, 1.82) is 0 Å². The molecule has 10 rings (SSSR count). The van der Waals surface area contributed by atoms with E-state index in [9.17, 15) is 0 Å². The standard InChI is InChI=1S/C42H26ClN3/c43-42-40(45-36-21-9-3-15-30(36)31-16-4-10-22-37(31)45)25-27(44-34-19-7-1-13-28(34)29-14-2-8-20-35(29)44)26-41(42)46-38-23-11-5-17-32(38)33-18-6-12-24-39(33)46/h1-26H. The van der Waals surface area contributed by atoms with E-state index < -0.39 is 0 Å². The summed E-state index contributed by atoms with van der Waals surface area (Å²) in [5.41, 5.74) is 9.74. The zero-order valence-corrected chi connectivity index (χ0v) is 25.5. The van der Waals surface area contributed by atoms with Crippen molar-refractivity contribution in [3.05, 3.63) is 163 Å². The Morgan fingerprint density at radius 1 is 0.304 bits per heavy atom. The molecule has 0 aliphatic carbocycles. The highest BCUT2D eigenvalue weighted by Gasteiger charge is 2.22. The van der Waals surface area contributed by atoms with E-state index in [-0.39, 0.29) is 0 Å². The van der Waals surface area contributed by atoms with E-state index in [1.807, 2.05) is 0 Å². The highest BCUT2D eigenvalue weighted by molar-refractivity contribution is 6.35. The molecule has 46 heavy (non-hydrogen) atoms. The van der Waals surface area contributed by atoms with Gasteiger partial charge in [0.1, 0.15) is 0 Å². The Hall–Kier alpha value is -5.77. The van der Waals surface area contributed by atoms with Gasteiger partial charge in [0.2, 0.25) is 0 Å². The summed E-state index contributed by atoms with van der Waals surface area (Å²) in [7, 11) is 0. The van der Waals surface area contributed by atoms with Gasteiger partial charge in [-0.2, -0.15) is 0 Å². The Balaban J connectivity index is 1.41. The molecule has 0 bridgehead atoms. The summed E-state index contributed by atoms with van der Waals surface area (Å²) in [5.74, 6) is 0. The Morgan fingerprint density at radius 2 is 0.543 bits per heavy atom. The van der Waals surface area contributed by atoms with Crippen LogP contribution in [0.25, 0.3) is 82.5 Å². The molecule has 10 aromatic rings. The van der Waals surface area contributed by atoms with Crippen molar-refractivity contribution < 1.29 is 0 Å². The third-order valence-electron chi connectivity index (χ3n) is 9.50. The van der Waals surface area contributed by atoms with Crippen molar-refractivity contribution in [2.24, 2.45) is 0 Å². The van der Waals surface area contributed by atoms with Gasteiger partial charge in [0.15, 0.2) is 0 Å². The topological polar surface area (TPSA) is 14.8 Å². The predicted octanol–water partition coefficient (Wildman–Crippen LogP) is 11.6. The number of fused-ring (bicyclic) bond motifs is 9. The lowest BCUT2D eigenvalue weighted by molar-refractivity contribution is 1.10. The zero-order chi connectivity index (χ0) is 30.4. The van der Waals surface area contributed by atoms with Crippen LogP contribution in [0.15, 0.2) is 158 Å². The molecule has 3 aromatic heterocycles. The van der Waals surface area contributed by atoms with Crippen molar-refractivity contribution >= 4 is 77.0 Å². The first-order valence-corrected chi connectivity index (χ1v) is 15.9. The second kappa shape index (κ2) is 9.61. The summed E-state index contributed by atoms with van der Waals surface area (Å²) >= 11 is 7.71. The van der Waals surface area contributed by atoms with Crippen LogP contribution < -0.4 is 0 Å². The molecule has 0 atom stereocenters. The third kappa shape index (κ3) is 3.43. The Morgan fingerprint density at radius 3 is 0.826 bits per heavy atom. The fourth-order valence-electron chi connectivity index (χ4n) is 7.60. The van der Waals surface area contributed by atoms with E-state index in [0.29, 0.717) is 5.02 Å². The SMILES string of the molecule is Clc1c(-n2c3ccccc3c3ccccc32)cc(-n2c3ccccc3c3ccccc32)cc1-n1c2ccccc2c2ccccc21. The number of hydrogen-bond acceptors (Lipinski definition) is 0. The van der Waals surface area contributed by atoms with Gasteiger partial charge < -0.3 is 13.7 Å². The number of para-hydroxylation sites is 6. The molecule has 0 aliphatic rings. The van der Waals surface area contributed by atoms with E-state index in [0.717, 1.165) is 50.2 Å². The largest absolute Gasteiger partial charge is 0.309 e. The monoisotopic (exact) mass is 607 g/mol. The van der Waals surface area contributed by atoms with Crippen LogP contribution in [0.1, 0.15) is 0 Å². The summed E-state index contributed by atoms with van der Waals surface area (Å²) in [6.07, 6.45) is 0. The number of benzene rings is 7. The highest BCUT2D eigenvalue weighted by Crippen LogP contribution is 2.42. The maximum Gasteiger partial charge on any atom is 0.0888 e. The van der Waals surface area contributed by atoms with Gasteiger partial charge in [-0.05, 0) is 48.5 Å². The molecular formula is C42H26ClN3. The van der Waals surface area contributed by atoms with E-state index in [1.165, 1.54) is 32.3 Å². The van der Waals surface area contributed by atoms with E-state index in [2.05, 4.69) is 171 Å². The Kier molecular flexibility index (Phi) is 5.34. The first-order valence-electron chi connectivity index (χ1n) is 15.6. The van der Waals surface area contributed by atoms with E-state index in [4.69, 9.17) is 11.6 Å². The van der Waals surface area contributed by atoms with Gasteiger partial charge in [0, 0.05) is 32.3 Å². The molecule has 3 nitrogen and oxygen atoms in total. The molecular weight excluding hydrogens is 582 g/mol. The van der Waals surface area contributed by atoms with E-state index in [1.54, 1.807) is 0 Å². The minimum Gasteiger partial charge on any atom is -0.309 e. The molecule has 216 valence electrons. The molecule has 0 fully saturated rings. The summed E-state index contributed by atoms with van der Waals surface area (Å²) in [6, 6.07) is 56.3. The molecule has 7 aromatic carbocycles. The first kappa shape index (κ1) is 25.5. The maximum absolute atomic E-state index is 7.71. The van der Waals surface area contributed by atoms with Crippen LogP contribution in [0.5, 0.6) is 0 Å². The van der Waals surface area contributed by atoms with Gasteiger partial charge in [-0.3, -0.25) is 0 Å².